The van der Waals surface area contributed by atoms with Gasteiger partial charge in [-0.05, 0) is 32.6 Å². The maximum Gasteiger partial charge on any atom is 0.224 e. The molecule has 0 spiro atoms. The first kappa shape index (κ1) is 14.6. The second kappa shape index (κ2) is 6.56. The number of hydrogen-bond donors (Lipinski definition) is 2. The summed E-state index contributed by atoms with van der Waals surface area (Å²) in [6.45, 7) is 0.918. The molecule has 6 nitrogen and oxygen atoms in total. The number of rotatable bonds is 5. The number of nitrogens with one attached hydrogen (secondary N) is 2. The molecule has 1 fully saturated rings. The van der Waals surface area contributed by atoms with Gasteiger partial charge in [0.15, 0.2) is 0 Å². The molecule has 0 aromatic carbocycles. The van der Waals surface area contributed by atoms with Crippen molar-refractivity contribution in [1.29, 1.82) is 0 Å². The highest BCUT2D eigenvalue weighted by molar-refractivity contribution is 5.83. The van der Waals surface area contributed by atoms with Gasteiger partial charge in [-0.1, -0.05) is 0 Å². The highest BCUT2D eigenvalue weighted by Crippen LogP contribution is 2.18. The van der Waals surface area contributed by atoms with Gasteiger partial charge >= 0.3 is 0 Å². The van der Waals surface area contributed by atoms with Crippen molar-refractivity contribution in [2.45, 2.75) is 18.9 Å². The molecular formula is C14H21N3O3. The quantitative estimate of drug-likeness (QED) is 0.824. The second-order valence-electron chi connectivity index (χ2n) is 5.28. The van der Waals surface area contributed by atoms with Crippen LogP contribution in [0.3, 0.4) is 0 Å². The number of piperidine rings is 1. The summed E-state index contributed by atoms with van der Waals surface area (Å²) in [6.07, 6.45) is 2.67. The molecule has 20 heavy (non-hydrogen) atoms. The molecule has 2 heterocycles. The largest absolute Gasteiger partial charge is 0.468 e. The van der Waals surface area contributed by atoms with Crippen LogP contribution in [0.5, 0.6) is 0 Å². The molecular weight excluding hydrogens is 258 g/mol. The summed E-state index contributed by atoms with van der Waals surface area (Å²) in [5, 5.41) is 5.67. The average molecular weight is 279 g/mol. The fourth-order valence-corrected chi connectivity index (χ4v) is 2.32. The lowest BCUT2D eigenvalue weighted by molar-refractivity contribution is -0.129. The fraction of sp³-hybridized carbons (Fsp3) is 0.571. The fourth-order valence-electron chi connectivity index (χ4n) is 2.32. The molecule has 0 unspecified atom stereocenters. The molecule has 0 bridgehead atoms. The number of nitrogens with zero attached hydrogens (tertiary/aromatic N) is 1. The summed E-state index contributed by atoms with van der Waals surface area (Å²) < 4.78 is 5.40. The Labute approximate surface area is 118 Å². The third kappa shape index (κ3) is 3.60. The van der Waals surface area contributed by atoms with Crippen LogP contribution in [0.25, 0.3) is 0 Å². The molecule has 2 atom stereocenters. The molecule has 6 heteroatoms. The van der Waals surface area contributed by atoms with Crippen LogP contribution in [0.1, 0.15) is 24.6 Å². The van der Waals surface area contributed by atoms with Gasteiger partial charge in [0, 0.05) is 19.5 Å². The third-order valence-electron chi connectivity index (χ3n) is 3.60. The topological polar surface area (TPSA) is 74.6 Å². The normalized spacial score (nSPS) is 20.6. The summed E-state index contributed by atoms with van der Waals surface area (Å²) in [7, 11) is 3.89. The minimum atomic E-state index is -0.132. The van der Waals surface area contributed by atoms with E-state index in [2.05, 4.69) is 10.6 Å². The zero-order valence-electron chi connectivity index (χ0n) is 11.9. The molecule has 1 aliphatic rings. The van der Waals surface area contributed by atoms with Crippen LogP contribution < -0.4 is 10.6 Å². The van der Waals surface area contributed by atoms with Crippen molar-refractivity contribution >= 4 is 11.8 Å². The monoisotopic (exact) mass is 279 g/mol. The van der Waals surface area contributed by atoms with Crippen LogP contribution in [0, 0.1) is 5.92 Å². The molecule has 0 saturated carbocycles. The van der Waals surface area contributed by atoms with Crippen molar-refractivity contribution in [3.63, 3.8) is 0 Å². The van der Waals surface area contributed by atoms with Gasteiger partial charge in [-0.2, -0.15) is 0 Å². The predicted octanol–water partition coefficient (Wildman–Crippen LogP) is 0.525. The van der Waals surface area contributed by atoms with Crippen molar-refractivity contribution in [1.82, 2.24) is 15.5 Å². The molecule has 0 radical (unpaired) electrons. The van der Waals surface area contributed by atoms with E-state index < -0.39 is 0 Å². The van der Waals surface area contributed by atoms with Gasteiger partial charge in [-0.15, -0.1) is 0 Å². The average Bonchev–Trinajstić information content (AvgIpc) is 2.93. The summed E-state index contributed by atoms with van der Waals surface area (Å²) in [6, 6.07) is 3.74. The molecule has 2 N–H and O–H groups in total. The van der Waals surface area contributed by atoms with E-state index in [1.807, 2.05) is 31.1 Å². The first-order valence-electron chi connectivity index (χ1n) is 6.82. The van der Waals surface area contributed by atoms with Gasteiger partial charge in [0.05, 0.1) is 18.2 Å². The van der Waals surface area contributed by atoms with Gasteiger partial charge < -0.3 is 15.1 Å². The van der Waals surface area contributed by atoms with Crippen LogP contribution in [-0.2, 0) is 9.59 Å². The Morgan fingerprint density at radius 3 is 2.95 bits per heavy atom. The first-order chi connectivity index (χ1) is 9.58. The van der Waals surface area contributed by atoms with Crippen LogP contribution in [0.2, 0.25) is 0 Å². The Morgan fingerprint density at radius 2 is 2.40 bits per heavy atom. The van der Waals surface area contributed by atoms with Crippen molar-refractivity contribution in [3.8, 4) is 0 Å². The van der Waals surface area contributed by atoms with Gasteiger partial charge in [0.1, 0.15) is 5.76 Å². The van der Waals surface area contributed by atoms with Gasteiger partial charge in [0.2, 0.25) is 11.8 Å². The van der Waals surface area contributed by atoms with E-state index >= 15 is 0 Å². The van der Waals surface area contributed by atoms with Crippen molar-refractivity contribution < 1.29 is 14.0 Å². The van der Waals surface area contributed by atoms with Crippen LogP contribution in [-0.4, -0.2) is 43.9 Å². The van der Waals surface area contributed by atoms with Crippen molar-refractivity contribution in [3.05, 3.63) is 24.2 Å². The highest BCUT2D eigenvalue weighted by Gasteiger charge is 2.25. The Balaban J connectivity index is 1.86. The first-order valence-corrected chi connectivity index (χ1v) is 6.82. The van der Waals surface area contributed by atoms with E-state index in [1.54, 1.807) is 6.26 Å². The highest BCUT2D eigenvalue weighted by atomic mass is 16.3. The minimum Gasteiger partial charge on any atom is -0.468 e. The molecule has 1 aromatic rings. The molecule has 1 aliphatic heterocycles. The molecule has 0 aliphatic carbocycles. The zero-order chi connectivity index (χ0) is 14.5. The lowest BCUT2D eigenvalue weighted by Gasteiger charge is -2.25. The van der Waals surface area contributed by atoms with Crippen LogP contribution in [0.15, 0.2) is 22.8 Å². The van der Waals surface area contributed by atoms with E-state index in [9.17, 15) is 9.59 Å². The summed E-state index contributed by atoms with van der Waals surface area (Å²) >= 11 is 0. The number of carbonyl (C=O) groups excluding carboxylic acids is 2. The number of hydrogen-bond acceptors (Lipinski definition) is 4. The molecule has 2 amide bonds. The Hall–Kier alpha value is -1.82. The third-order valence-corrected chi connectivity index (χ3v) is 3.60. The standard InChI is InChI=1S/C14H21N3O3/c1-17(2)11(12-4-3-7-20-12)9-16-14(19)10-5-6-13(18)15-8-10/h3-4,7,10-11H,5-6,8-9H2,1-2H3,(H,15,18)(H,16,19)/t10-,11+/m0/s1. The number of amides is 2. The molecule has 1 aromatic heterocycles. The van der Waals surface area contributed by atoms with E-state index in [1.165, 1.54) is 0 Å². The minimum absolute atomic E-state index is 0.00660. The SMILES string of the molecule is CN(C)[C@H](CNC(=O)[C@H]1CCC(=O)NC1)c1ccco1. The van der Waals surface area contributed by atoms with Gasteiger partial charge in [-0.3, -0.25) is 14.5 Å². The van der Waals surface area contributed by atoms with E-state index in [-0.39, 0.29) is 23.8 Å². The molecule has 110 valence electrons. The van der Waals surface area contributed by atoms with Gasteiger partial charge in [0.25, 0.3) is 0 Å². The van der Waals surface area contributed by atoms with E-state index in [4.69, 9.17) is 4.42 Å². The zero-order valence-corrected chi connectivity index (χ0v) is 11.9. The van der Waals surface area contributed by atoms with Gasteiger partial charge in [-0.25, -0.2) is 0 Å². The Morgan fingerprint density at radius 1 is 1.60 bits per heavy atom. The Kier molecular flexibility index (Phi) is 4.79. The maximum absolute atomic E-state index is 12.1. The summed E-state index contributed by atoms with van der Waals surface area (Å²) in [5.41, 5.74) is 0. The second-order valence-corrected chi connectivity index (χ2v) is 5.28. The predicted molar refractivity (Wildman–Crippen MR) is 73.9 cm³/mol. The smallest absolute Gasteiger partial charge is 0.224 e. The lowest BCUT2D eigenvalue weighted by atomic mass is 9.98. The summed E-state index contributed by atoms with van der Waals surface area (Å²) in [5.74, 6) is 0.707. The number of likely N-dealkylation sites (N-methyl/N-ethyl adjacent to an activating group) is 1. The number of carbonyl (C=O) groups is 2. The summed E-state index contributed by atoms with van der Waals surface area (Å²) in [4.78, 5) is 25.2. The van der Waals surface area contributed by atoms with Crippen molar-refractivity contribution in [2.75, 3.05) is 27.2 Å². The maximum atomic E-state index is 12.1. The van der Waals surface area contributed by atoms with Crippen LogP contribution in [0.4, 0.5) is 0 Å². The molecule has 2 rings (SSSR count). The van der Waals surface area contributed by atoms with E-state index in [0.29, 0.717) is 25.9 Å². The molecule has 1 saturated heterocycles. The van der Waals surface area contributed by atoms with Crippen molar-refractivity contribution in [2.24, 2.45) is 5.92 Å². The number of furan rings is 1. The van der Waals surface area contributed by atoms with E-state index in [0.717, 1.165) is 5.76 Å². The van der Waals surface area contributed by atoms with Crippen LogP contribution >= 0.6 is 0 Å². The lowest BCUT2D eigenvalue weighted by Crippen LogP contribution is -2.44. The Bertz CT molecular complexity index is 446.